The third kappa shape index (κ3) is 10.2. The van der Waals surface area contributed by atoms with Crippen LogP contribution in [0.25, 0.3) is 0 Å². The summed E-state index contributed by atoms with van der Waals surface area (Å²) in [5.74, 6) is 1.52. The summed E-state index contributed by atoms with van der Waals surface area (Å²) in [5.41, 5.74) is 0. The van der Waals surface area contributed by atoms with E-state index in [4.69, 9.17) is 11.6 Å². The molecule has 0 spiro atoms. The number of halogens is 1. The molecule has 0 fully saturated rings. The molecule has 1 atom stereocenters. The van der Waals surface area contributed by atoms with E-state index in [1.54, 1.807) is 0 Å². The Kier molecular flexibility index (Phi) is 10.5. The maximum Gasteiger partial charge on any atom is 0.0226 e. The van der Waals surface area contributed by atoms with Crippen LogP contribution in [0, 0.1) is 5.92 Å². The predicted molar refractivity (Wildman–Crippen MR) is 61.5 cm³/mol. The van der Waals surface area contributed by atoms with Crippen molar-refractivity contribution in [3.05, 3.63) is 0 Å². The fourth-order valence-corrected chi connectivity index (χ4v) is 1.69. The quantitative estimate of drug-likeness (QED) is 0.449. The number of alkyl halides is 1. The van der Waals surface area contributed by atoms with Crippen molar-refractivity contribution in [3.8, 4) is 0 Å². The van der Waals surface area contributed by atoms with Crippen molar-refractivity contribution in [3.63, 3.8) is 0 Å². The van der Waals surface area contributed by atoms with Gasteiger partial charge in [-0.3, -0.25) is 0 Å². The number of hydrogen-bond acceptors (Lipinski definition) is 1. The second-order valence-electron chi connectivity index (χ2n) is 3.85. The molecule has 0 saturated carbocycles. The van der Waals surface area contributed by atoms with E-state index in [0.717, 1.165) is 24.8 Å². The van der Waals surface area contributed by atoms with Crippen LogP contribution in [-0.4, -0.2) is 19.0 Å². The topological polar surface area (TPSA) is 12.0 Å². The van der Waals surface area contributed by atoms with Crippen molar-refractivity contribution < 1.29 is 0 Å². The lowest BCUT2D eigenvalue weighted by Gasteiger charge is -2.10. The van der Waals surface area contributed by atoms with Crippen LogP contribution in [0.4, 0.5) is 0 Å². The number of unbranched alkanes of at least 4 members (excludes halogenated alkanes) is 3. The molecule has 0 saturated heterocycles. The van der Waals surface area contributed by atoms with E-state index in [9.17, 15) is 0 Å². The molecular weight excluding hydrogens is 182 g/mol. The van der Waals surface area contributed by atoms with E-state index >= 15 is 0 Å². The van der Waals surface area contributed by atoms with Crippen molar-refractivity contribution in [1.29, 1.82) is 0 Å². The van der Waals surface area contributed by atoms with Gasteiger partial charge in [-0.25, -0.2) is 0 Å². The molecule has 80 valence electrons. The SMILES string of the molecule is CCCCCCNCC(C)CCCl. The second-order valence-corrected chi connectivity index (χ2v) is 4.23. The van der Waals surface area contributed by atoms with E-state index in [2.05, 4.69) is 19.2 Å². The molecule has 0 aromatic rings. The number of nitrogens with one attached hydrogen (secondary N) is 1. The average Bonchev–Trinajstić information content (AvgIpc) is 2.11. The van der Waals surface area contributed by atoms with E-state index in [1.165, 1.54) is 32.2 Å². The first-order valence-electron chi connectivity index (χ1n) is 5.58. The lowest BCUT2D eigenvalue weighted by molar-refractivity contribution is 0.490. The van der Waals surface area contributed by atoms with Crippen LogP contribution >= 0.6 is 11.6 Å². The molecule has 0 aromatic heterocycles. The van der Waals surface area contributed by atoms with Crippen molar-refractivity contribution in [2.45, 2.75) is 46.0 Å². The first-order chi connectivity index (χ1) is 6.31. The Morgan fingerprint density at radius 3 is 2.62 bits per heavy atom. The first-order valence-corrected chi connectivity index (χ1v) is 6.11. The molecule has 1 nitrogen and oxygen atoms in total. The summed E-state index contributed by atoms with van der Waals surface area (Å²) in [5, 5.41) is 3.47. The van der Waals surface area contributed by atoms with E-state index in [-0.39, 0.29) is 0 Å². The lowest BCUT2D eigenvalue weighted by atomic mass is 10.1. The van der Waals surface area contributed by atoms with Crippen LogP contribution < -0.4 is 5.32 Å². The zero-order valence-corrected chi connectivity index (χ0v) is 9.87. The predicted octanol–water partition coefficient (Wildman–Crippen LogP) is 3.42. The summed E-state index contributed by atoms with van der Waals surface area (Å²) in [6.45, 7) is 6.79. The Bertz CT molecular complexity index is 96.1. The Hall–Kier alpha value is 0.250. The van der Waals surface area contributed by atoms with Gasteiger partial charge < -0.3 is 5.32 Å². The molecule has 0 radical (unpaired) electrons. The van der Waals surface area contributed by atoms with Gasteiger partial charge in [-0.15, -0.1) is 11.6 Å². The highest BCUT2D eigenvalue weighted by atomic mass is 35.5. The van der Waals surface area contributed by atoms with E-state index in [1.807, 2.05) is 0 Å². The molecule has 2 heteroatoms. The van der Waals surface area contributed by atoms with Gasteiger partial charge in [0, 0.05) is 5.88 Å². The number of hydrogen-bond donors (Lipinski definition) is 1. The Balaban J connectivity index is 2.97. The summed E-state index contributed by atoms with van der Waals surface area (Å²) in [4.78, 5) is 0. The minimum Gasteiger partial charge on any atom is -0.316 e. The minimum atomic E-state index is 0.726. The normalized spacial score (nSPS) is 13.2. The van der Waals surface area contributed by atoms with Crippen LogP contribution in [0.15, 0.2) is 0 Å². The standard InChI is InChI=1S/C11H24ClN/c1-3-4-5-6-9-13-10-11(2)7-8-12/h11,13H,3-10H2,1-2H3. The highest BCUT2D eigenvalue weighted by Gasteiger charge is 1.99. The fourth-order valence-electron chi connectivity index (χ4n) is 1.31. The Morgan fingerprint density at radius 2 is 2.00 bits per heavy atom. The Labute approximate surface area is 88.2 Å². The van der Waals surface area contributed by atoms with Crippen LogP contribution in [0.2, 0.25) is 0 Å². The Morgan fingerprint density at radius 1 is 1.23 bits per heavy atom. The van der Waals surface area contributed by atoms with Gasteiger partial charge in [0.2, 0.25) is 0 Å². The van der Waals surface area contributed by atoms with Gasteiger partial charge in [-0.1, -0.05) is 33.1 Å². The molecule has 0 aliphatic heterocycles. The maximum atomic E-state index is 5.65. The molecule has 0 amide bonds. The summed E-state index contributed by atoms with van der Waals surface area (Å²) in [7, 11) is 0. The zero-order valence-electron chi connectivity index (χ0n) is 9.11. The van der Waals surface area contributed by atoms with Crippen LogP contribution in [0.1, 0.15) is 46.0 Å². The molecular formula is C11H24ClN. The average molecular weight is 206 g/mol. The van der Waals surface area contributed by atoms with Gasteiger partial charge >= 0.3 is 0 Å². The van der Waals surface area contributed by atoms with Gasteiger partial charge in [0.1, 0.15) is 0 Å². The van der Waals surface area contributed by atoms with Gasteiger partial charge in [-0.05, 0) is 31.8 Å². The van der Waals surface area contributed by atoms with E-state index in [0.29, 0.717) is 0 Å². The largest absolute Gasteiger partial charge is 0.316 e. The van der Waals surface area contributed by atoms with Gasteiger partial charge in [0.25, 0.3) is 0 Å². The number of rotatable bonds is 9. The van der Waals surface area contributed by atoms with Crippen LogP contribution in [0.5, 0.6) is 0 Å². The molecule has 0 bridgehead atoms. The van der Waals surface area contributed by atoms with Crippen molar-refractivity contribution >= 4 is 11.6 Å². The summed E-state index contributed by atoms with van der Waals surface area (Å²) >= 11 is 5.65. The fraction of sp³-hybridized carbons (Fsp3) is 1.00. The van der Waals surface area contributed by atoms with E-state index < -0.39 is 0 Å². The molecule has 0 heterocycles. The van der Waals surface area contributed by atoms with Crippen molar-refractivity contribution in [2.24, 2.45) is 5.92 Å². The minimum absolute atomic E-state index is 0.726. The van der Waals surface area contributed by atoms with Crippen LogP contribution in [-0.2, 0) is 0 Å². The second kappa shape index (κ2) is 10.3. The smallest absolute Gasteiger partial charge is 0.0226 e. The summed E-state index contributed by atoms with van der Waals surface area (Å²) < 4.78 is 0. The maximum absolute atomic E-state index is 5.65. The van der Waals surface area contributed by atoms with Gasteiger partial charge in [0.05, 0.1) is 0 Å². The first kappa shape index (κ1) is 13.2. The molecule has 0 aromatic carbocycles. The molecule has 0 rings (SSSR count). The monoisotopic (exact) mass is 205 g/mol. The summed E-state index contributed by atoms with van der Waals surface area (Å²) in [6.07, 6.45) is 6.51. The summed E-state index contributed by atoms with van der Waals surface area (Å²) in [6, 6.07) is 0. The van der Waals surface area contributed by atoms with Crippen LogP contribution in [0.3, 0.4) is 0 Å². The highest BCUT2D eigenvalue weighted by molar-refractivity contribution is 6.17. The van der Waals surface area contributed by atoms with Gasteiger partial charge in [-0.2, -0.15) is 0 Å². The molecule has 1 unspecified atom stereocenters. The molecule has 0 aliphatic carbocycles. The lowest BCUT2D eigenvalue weighted by Crippen LogP contribution is -2.22. The van der Waals surface area contributed by atoms with Crippen molar-refractivity contribution in [1.82, 2.24) is 5.32 Å². The third-order valence-corrected chi connectivity index (χ3v) is 2.52. The molecule has 13 heavy (non-hydrogen) atoms. The zero-order chi connectivity index (χ0) is 9.94. The van der Waals surface area contributed by atoms with Crippen molar-refractivity contribution in [2.75, 3.05) is 19.0 Å². The highest BCUT2D eigenvalue weighted by Crippen LogP contribution is 2.01. The third-order valence-electron chi connectivity index (χ3n) is 2.30. The molecule has 0 aliphatic rings. The molecule has 1 N–H and O–H groups in total. The van der Waals surface area contributed by atoms with Gasteiger partial charge in [0.15, 0.2) is 0 Å².